The number of aromatic nitrogens is 2. The van der Waals surface area contributed by atoms with Gasteiger partial charge < -0.3 is 21.9 Å². The first kappa shape index (κ1) is 12.6. The number of hydrogen-bond acceptors (Lipinski definition) is 6. The number of carbonyl (C=O) groups excluding carboxylic acids is 1. The molecule has 7 nitrogen and oxygen atoms in total. The lowest BCUT2D eigenvalue weighted by Crippen LogP contribution is -2.28. The molecule has 0 aromatic carbocycles. The normalized spacial score (nSPS) is 22.9. The summed E-state index contributed by atoms with van der Waals surface area (Å²) in [6.07, 6.45) is 4.24. The molecular weight excluding hydrogens is 234 g/mol. The van der Waals surface area contributed by atoms with Gasteiger partial charge in [-0.15, -0.1) is 0 Å². The maximum absolute atomic E-state index is 11.3. The zero-order chi connectivity index (χ0) is 13.1. The molecule has 1 aliphatic rings. The average molecular weight is 251 g/mol. The van der Waals surface area contributed by atoms with Gasteiger partial charge in [0, 0.05) is 24.8 Å². The van der Waals surface area contributed by atoms with Crippen molar-refractivity contribution in [3.63, 3.8) is 0 Å². The molecule has 1 fully saturated rings. The second kappa shape index (κ2) is 5.18. The smallest absolute Gasteiger partial charge is 0.254 e. The molecule has 6 N–H and O–H groups in total. The van der Waals surface area contributed by atoms with Crippen molar-refractivity contribution in [1.29, 1.82) is 0 Å². The molecule has 2 rings (SSSR count). The van der Waals surface area contributed by atoms with E-state index in [9.17, 15) is 9.90 Å². The predicted molar refractivity (Wildman–Crippen MR) is 66.8 cm³/mol. The number of carbonyl (C=O) groups is 1. The van der Waals surface area contributed by atoms with E-state index in [0.29, 0.717) is 5.82 Å². The van der Waals surface area contributed by atoms with Crippen molar-refractivity contribution in [3.8, 4) is 0 Å². The number of nitrogens with two attached hydrogens (primary N) is 2. The molecule has 0 spiro atoms. The van der Waals surface area contributed by atoms with Crippen LogP contribution in [0.2, 0.25) is 0 Å². The molecule has 7 heteroatoms. The third-order valence-electron chi connectivity index (χ3n) is 3.29. The summed E-state index contributed by atoms with van der Waals surface area (Å²) in [5.74, 6) is -0.000595. The monoisotopic (exact) mass is 251 g/mol. The standard InChI is InChI=1S/C11H17N5O2/c12-9(18)7-4-14-11(13)16-10(7)15-8-3-1-2-6(8)5-17/h4,6,8,17H,1-3,5H2,(H2,12,18)(H3,13,14,15,16)/t6-,8+/m0/s1. The van der Waals surface area contributed by atoms with Gasteiger partial charge in [0.25, 0.3) is 5.91 Å². The summed E-state index contributed by atoms with van der Waals surface area (Å²) in [6.45, 7) is 0.115. The number of nitrogens with one attached hydrogen (secondary N) is 1. The van der Waals surface area contributed by atoms with Gasteiger partial charge in [0.05, 0.1) is 5.56 Å². The average Bonchev–Trinajstić information content (AvgIpc) is 2.76. The van der Waals surface area contributed by atoms with Gasteiger partial charge in [0.15, 0.2) is 0 Å². The summed E-state index contributed by atoms with van der Waals surface area (Å²) < 4.78 is 0. The summed E-state index contributed by atoms with van der Waals surface area (Å²) in [7, 11) is 0. The van der Waals surface area contributed by atoms with E-state index in [0.717, 1.165) is 19.3 Å². The molecule has 1 saturated carbocycles. The number of aliphatic hydroxyl groups excluding tert-OH is 1. The van der Waals surface area contributed by atoms with Gasteiger partial charge in [-0.1, -0.05) is 6.42 Å². The van der Waals surface area contributed by atoms with Gasteiger partial charge in [0.1, 0.15) is 5.82 Å². The highest BCUT2D eigenvalue weighted by atomic mass is 16.3. The van der Waals surface area contributed by atoms with Crippen molar-refractivity contribution in [1.82, 2.24) is 9.97 Å². The molecule has 2 atom stereocenters. The maximum atomic E-state index is 11.3. The topological polar surface area (TPSA) is 127 Å². The molecule has 98 valence electrons. The Bertz CT molecular complexity index is 451. The Morgan fingerprint density at radius 2 is 2.33 bits per heavy atom. The molecule has 1 aromatic heterocycles. The summed E-state index contributed by atoms with van der Waals surface area (Å²) >= 11 is 0. The number of nitrogens with zero attached hydrogens (tertiary/aromatic N) is 2. The quantitative estimate of drug-likeness (QED) is 0.583. The fourth-order valence-corrected chi connectivity index (χ4v) is 2.31. The molecule has 1 amide bonds. The lowest BCUT2D eigenvalue weighted by atomic mass is 10.0. The van der Waals surface area contributed by atoms with E-state index in [2.05, 4.69) is 15.3 Å². The minimum Gasteiger partial charge on any atom is -0.396 e. The van der Waals surface area contributed by atoms with Crippen LogP contribution in [0.1, 0.15) is 29.6 Å². The maximum Gasteiger partial charge on any atom is 0.254 e. The molecule has 0 radical (unpaired) electrons. The summed E-state index contributed by atoms with van der Waals surface area (Å²) in [5.41, 5.74) is 11.0. The zero-order valence-electron chi connectivity index (χ0n) is 9.97. The SMILES string of the molecule is NC(=O)c1cnc(N)nc1N[C@@H]1CCC[C@H]1CO. The minimum absolute atomic E-state index is 0.0843. The molecule has 0 saturated heterocycles. The largest absolute Gasteiger partial charge is 0.396 e. The second-order valence-corrected chi connectivity index (χ2v) is 4.48. The molecule has 0 unspecified atom stereocenters. The molecular formula is C11H17N5O2. The fourth-order valence-electron chi connectivity index (χ4n) is 2.31. The van der Waals surface area contributed by atoms with Crippen LogP contribution in [0, 0.1) is 5.92 Å². The molecule has 18 heavy (non-hydrogen) atoms. The Labute approximate surface area is 105 Å². The Hall–Kier alpha value is -1.89. The van der Waals surface area contributed by atoms with E-state index in [1.165, 1.54) is 6.20 Å². The van der Waals surface area contributed by atoms with E-state index in [1.807, 2.05) is 0 Å². The van der Waals surface area contributed by atoms with Gasteiger partial charge in [-0.2, -0.15) is 4.98 Å². The Balaban J connectivity index is 2.22. The zero-order valence-corrected chi connectivity index (χ0v) is 9.97. The van der Waals surface area contributed by atoms with Crippen molar-refractivity contribution in [3.05, 3.63) is 11.8 Å². The third-order valence-corrected chi connectivity index (χ3v) is 3.29. The number of hydrogen-bond donors (Lipinski definition) is 4. The minimum atomic E-state index is -0.601. The van der Waals surface area contributed by atoms with Gasteiger partial charge in [0.2, 0.25) is 5.95 Å². The molecule has 1 heterocycles. The van der Waals surface area contributed by atoms with Crippen molar-refractivity contribution in [2.75, 3.05) is 17.7 Å². The van der Waals surface area contributed by atoms with E-state index >= 15 is 0 Å². The highest BCUT2D eigenvalue weighted by molar-refractivity contribution is 5.97. The fraction of sp³-hybridized carbons (Fsp3) is 0.545. The number of amides is 1. The van der Waals surface area contributed by atoms with Gasteiger partial charge >= 0.3 is 0 Å². The summed E-state index contributed by atoms with van der Waals surface area (Å²) in [4.78, 5) is 19.0. The summed E-state index contributed by atoms with van der Waals surface area (Å²) in [6, 6.07) is 0.0856. The highest BCUT2D eigenvalue weighted by Crippen LogP contribution is 2.28. The predicted octanol–water partition coefficient (Wildman–Crippen LogP) is -0.269. The Morgan fingerprint density at radius 1 is 1.56 bits per heavy atom. The first-order chi connectivity index (χ1) is 8.61. The lowest BCUT2D eigenvalue weighted by Gasteiger charge is -2.20. The van der Waals surface area contributed by atoms with Crippen LogP contribution in [-0.4, -0.2) is 33.6 Å². The Morgan fingerprint density at radius 3 is 3.00 bits per heavy atom. The van der Waals surface area contributed by atoms with Crippen molar-refractivity contribution >= 4 is 17.7 Å². The Kier molecular flexibility index (Phi) is 3.61. The van der Waals surface area contributed by atoms with E-state index < -0.39 is 5.91 Å². The first-order valence-corrected chi connectivity index (χ1v) is 5.91. The number of rotatable bonds is 4. The molecule has 1 aromatic rings. The van der Waals surface area contributed by atoms with Crippen LogP contribution in [0.5, 0.6) is 0 Å². The van der Waals surface area contributed by atoms with Crippen molar-refractivity contribution < 1.29 is 9.90 Å². The van der Waals surface area contributed by atoms with Crippen LogP contribution in [0.25, 0.3) is 0 Å². The van der Waals surface area contributed by atoms with Crippen LogP contribution in [-0.2, 0) is 0 Å². The third kappa shape index (κ3) is 2.51. The first-order valence-electron chi connectivity index (χ1n) is 5.91. The molecule has 0 aliphatic heterocycles. The number of anilines is 2. The van der Waals surface area contributed by atoms with Gasteiger partial charge in [-0.05, 0) is 12.8 Å². The second-order valence-electron chi connectivity index (χ2n) is 4.48. The number of primary amides is 1. The van der Waals surface area contributed by atoms with E-state index in [4.69, 9.17) is 11.5 Å². The van der Waals surface area contributed by atoms with Crippen molar-refractivity contribution in [2.24, 2.45) is 11.7 Å². The highest BCUT2D eigenvalue weighted by Gasteiger charge is 2.28. The van der Waals surface area contributed by atoms with Crippen molar-refractivity contribution in [2.45, 2.75) is 25.3 Å². The molecule has 1 aliphatic carbocycles. The van der Waals surface area contributed by atoms with E-state index in [-0.39, 0.29) is 30.1 Å². The van der Waals surface area contributed by atoms with Crippen LogP contribution < -0.4 is 16.8 Å². The lowest BCUT2D eigenvalue weighted by molar-refractivity contribution is 0.100. The number of aliphatic hydroxyl groups is 1. The summed E-state index contributed by atoms with van der Waals surface area (Å²) in [5, 5.41) is 12.4. The number of nitrogen functional groups attached to an aromatic ring is 1. The van der Waals surface area contributed by atoms with E-state index in [1.54, 1.807) is 0 Å². The molecule has 0 bridgehead atoms. The van der Waals surface area contributed by atoms with Crippen LogP contribution in [0.3, 0.4) is 0 Å². The van der Waals surface area contributed by atoms with Gasteiger partial charge in [-0.25, -0.2) is 4.98 Å². The van der Waals surface area contributed by atoms with Crippen LogP contribution >= 0.6 is 0 Å². The van der Waals surface area contributed by atoms with Gasteiger partial charge in [-0.3, -0.25) is 4.79 Å². The van der Waals surface area contributed by atoms with Crippen LogP contribution in [0.15, 0.2) is 6.20 Å². The van der Waals surface area contributed by atoms with Crippen LogP contribution in [0.4, 0.5) is 11.8 Å².